The van der Waals surface area contributed by atoms with Crippen molar-refractivity contribution in [2.45, 2.75) is 9.79 Å². The largest absolute Gasteiger partial charge is 0.308 e. The summed E-state index contributed by atoms with van der Waals surface area (Å²) in [7, 11) is 0. The van der Waals surface area contributed by atoms with Crippen molar-refractivity contribution in [1.82, 2.24) is 9.55 Å². The molecule has 188 valence electrons. The van der Waals surface area contributed by atoms with E-state index in [-0.39, 0.29) is 0 Å². The van der Waals surface area contributed by atoms with E-state index in [0.29, 0.717) is 0 Å². The van der Waals surface area contributed by atoms with Gasteiger partial charge in [-0.15, -0.1) is 0 Å². The number of hydrogen-bond acceptors (Lipinski definition) is 2. The van der Waals surface area contributed by atoms with Crippen LogP contribution in [0.4, 0.5) is 0 Å². The van der Waals surface area contributed by atoms with Crippen LogP contribution >= 0.6 is 11.8 Å². The van der Waals surface area contributed by atoms with E-state index in [9.17, 15) is 0 Å². The molecular weight excluding hydrogens is 504 g/mol. The van der Waals surface area contributed by atoms with Gasteiger partial charge in [-0.3, -0.25) is 4.98 Å². The lowest BCUT2D eigenvalue weighted by Gasteiger charge is -2.16. The van der Waals surface area contributed by atoms with E-state index in [4.69, 9.17) is 4.98 Å². The van der Waals surface area contributed by atoms with Gasteiger partial charge in [-0.2, -0.15) is 0 Å². The first kappa shape index (κ1) is 23.1. The Hall–Kier alpha value is -4.86. The molecule has 0 radical (unpaired) electrons. The Bertz CT molecular complexity index is 2020. The molecule has 1 aliphatic rings. The lowest BCUT2D eigenvalue weighted by molar-refractivity contribution is 1.12. The number of para-hydroxylation sites is 1. The predicted octanol–water partition coefficient (Wildman–Crippen LogP) is 10.2. The molecule has 2 nitrogen and oxygen atoms in total. The Labute approximate surface area is 237 Å². The number of benzene rings is 5. The SMILES string of the molecule is c1ccc(-c2cccc(-n3c4c(c5ccccc53)Sc3c(-c5ccccn5)cccc3-c3ccccc3-4)c2)cc1. The number of rotatable bonds is 3. The van der Waals surface area contributed by atoms with E-state index >= 15 is 0 Å². The summed E-state index contributed by atoms with van der Waals surface area (Å²) in [5, 5.41) is 1.26. The molecule has 5 aromatic carbocycles. The van der Waals surface area contributed by atoms with Gasteiger partial charge in [0.1, 0.15) is 0 Å². The Balaban J connectivity index is 1.45. The lowest BCUT2D eigenvalue weighted by atomic mass is 9.95. The molecule has 7 aromatic rings. The minimum atomic E-state index is 0.993. The van der Waals surface area contributed by atoms with Crippen LogP contribution in [0.1, 0.15) is 0 Å². The van der Waals surface area contributed by atoms with Gasteiger partial charge < -0.3 is 4.57 Å². The van der Waals surface area contributed by atoms with Crippen LogP contribution in [-0.4, -0.2) is 9.55 Å². The Morgan fingerprint density at radius 1 is 0.500 bits per heavy atom. The third kappa shape index (κ3) is 3.63. The molecule has 0 fully saturated rings. The van der Waals surface area contributed by atoms with Gasteiger partial charge in [-0.05, 0) is 52.6 Å². The third-order valence-corrected chi connectivity index (χ3v) is 8.93. The number of aromatic nitrogens is 2. The maximum absolute atomic E-state index is 4.73. The second-order valence-corrected chi connectivity index (χ2v) is 11.0. The van der Waals surface area contributed by atoms with Crippen molar-refractivity contribution in [3.63, 3.8) is 0 Å². The molecule has 3 heteroatoms. The minimum Gasteiger partial charge on any atom is -0.308 e. The summed E-state index contributed by atoms with van der Waals surface area (Å²) in [6.45, 7) is 0. The standard InChI is InChI=1S/C37H24N2S/c1-2-12-25(13-3-1)26-14-10-15-27(24-26)39-34-22-7-6-18-32(34)37-35(39)29-17-5-4-16-28(29)30-19-11-20-31(36(30)40-37)33-21-8-9-23-38-33/h1-24H. The molecule has 0 spiro atoms. The highest BCUT2D eigenvalue weighted by atomic mass is 32.2. The quantitative estimate of drug-likeness (QED) is 0.227. The molecule has 0 aliphatic carbocycles. The molecule has 3 heterocycles. The number of fused-ring (bicyclic) bond motifs is 7. The summed E-state index contributed by atoms with van der Waals surface area (Å²) in [6, 6.07) is 49.9. The fourth-order valence-corrected chi connectivity index (χ4v) is 7.24. The molecule has 0 saturated heterocycles. The molecular formula is C37H24N2S. The Morgan fingerprint density at radius 3 is 2.08 bits per heavy atom. The summed E-state index contributed by atoms with van der Waals surface area (Å²) in [4.78, 5) is 7.25. The molecule has 0 atom stereocenters. The molecule has 0 N–H and O–H groups in total. The second-order valence-electron chi connectivity index (χ2n) is 9.99. The van der Waals surface area contributed by atoms with Crippen LogP contribution in [0.3, 0.4) is 0 Å². The van der Waals surface area contributed by atoms with Crippen LogP contribution in [0.15, 0.2) is 156 Å². The van der Waals surface area contributed by atoms with E-state index in [0.717, 1.165) is 16.9 Å². The zero-order valence-electron chi connectivity index (χ0n) is 21.7. The maximum atomic E-state index is 4.73. The molecule has 40 heavy (non-hydrogen) atoms. The Kier molecular flexibility index (Phi) is 5.42. The van der Waals surface area contributed by atoms with Crippen LogP contribution < -0.4 is 0 Å². The normalized spacial score (nSPS) is 11.9. The molecule has 1 aliphatic heterocycles. The van der Waals surface area contributed by atoms with Crippen LogP contribution in [-0.2, 0) is 0 Å². The second kappa shape index (κ2) is 9.41. The number of hydrogen-bond donors (Lipinski definition) is 0. The zero-order valence-corrected chi connectivity index (χ0v) is 22.5. The fourth-order valence-electron chi connectivity index (χ4n) is 5.89. The van der Waals surface area contributed by atoms with Crippen LogP contribution in [0.25, 0.3) is 61.4 Å². The fraction of sp³-hybridized carbons (Fsp3) is 0. The average Bonchev–Trinajstić information content (AvgIpc) is 3.28. The zero-order chi connectivity index (χ0) is 26.5. The van der Waals surface area contributed by atoms with E-state index in [1.165, 1.54) is 54.2 Å². The van der Waals surface area contributed by atoms with Gasteiger partial charge >= 0.3 is 0 Å². The minimum absolute atomic E-state index is 0.993. The van der Waals surface area contributed by atoms with Gasteiger partial charge in [0, 0.05) is 38.2 Å². The monoisotopic (exact) mass is 528 g/mol. The summed E-state index contributed by atoms with van der Waals surface area (Å²) < 4.78 is 2.45. The van der Waals surface area contributed by atoms with Crippen molar-refractivity contribution in [2.24, 2.45) is 0 Å². The highest BCUT2D eigenvalue weighted by Crippen LogP contribution is 2.54. The van der Waals surface area contributed by atoms with Crippen molar-refractivity contribution >= 4 is 22.7 Å². The van der Waals surface area contributed by atoms with Crippen LogP contribution in [0.5, 0.6) is 0 Å². The van der Waals surface area contributed by atoms with Crippen molar-refractivity contribution in [2.75, 3.05) is 0 Å². The molecule has 2 aromatic heterocycles. The van der Waals surface area contributed by atoms with Crippen molar-refractivity contribution < 1.29 is 0 Å². The third-order valence-electron chi connectivity index (χ3n) is 7.67. The van der Waals surface area contributed by atoms with Crippen molar-refractivity contribution in [1.29, 1.82) is 0 Å². The van der Waals surface area contributed by atoms with E-state index in [2.05, 4.69) is 138 Å². The summed E-state index contributed by atoms with van der Waals surface area (Å²) >= 11 is 1.87. The Morgan fingerprint density at radius 2 is 1.20 bits per heavy atom. The van der Waals surface area contributed by atoms with Gasteiger partial charge in [0.2, 0.25) is 0 Å². The predicted molar refractivity (Wildman–Crippen MR) is 167 cm³/mol. The van der Waals surface area contributed by atoms with Crippen molar-refractivity contribution in [3.05, 3.63) is 146 Å². The number of nitrogens with zero attached hydrogens (tertiary/aromatic N) is 2. The molecule has 0 saturated carbocycles. The number of pyridine rings is 1. The topological polar surface area (TPSA) is 17.8 Å². The summed E-state index contributed by atoms with van der Waals surface area (Å²) in [6.07, 6.45) is 1.88. The maximum Gasteiger partial charge on any atom is 0.0713 e. The molecule has 0 unspecified atom stereocenters. The summed E-state index contributed by atoms with van der Waals surface area (Å²) in [5.41, 5.74) is 11.9. The van der Waals surface area contributed by atoms with Crippen molar-refractivity contribution in [3.8, 4) is 50.5 Å². The summed E-state index contributed by atoms with van der Waals surface area (Å²) in [5.74, 6) is 0. The first-order chi connectivity index (χ1) is 19.9. The van der Waals surface area contributed by atoms with Gasteiger partial charge in [0.15, 0.2) is 0 Å². The van der Waals surface area contributed by atoms with Gasteiger partial charge in [0.25, 0.3) is 0 Å². The van der Waals surface area contributed by atoms with E-state index in [1.54, 1.807) is 0 Å². The smallest absolute Gasteiger partial charge is 0.0713 e. The van der Waals surface area contributed by atoms with E-state index in [1.807, 2.05) is 24.0 Å². The highest BCUT2D eigenvalue weighted by molar-refractivity contribution is 8.00. The average molecular weight is 529 g/mol. The van der Waals surface area contributed by atoms with Gasteiger partial charge in [-0.25, -0.2) is 0 Å². The van der Waals surface area contributed by atoms with Gasteiger partial charge in [0.05, 0.1) is 16.9 Å². The van der Waals surface area contributed by atoms with Crippen LogP contribution in [0, 0.1) is 0 Å². The molecule has 0 amide bonds. The first-order valence-electron chi connectivity index (χ1n) is 13.5. The molecule has 8 rings (SSSR count). The van der Waals surface area contributed by atoms with Crippen LogP contribution in [0.2, 0.25) is 0 Å². The highest BCUT2D eigenvalue weighted by Gasteiger charge is 2.28. The molecule has 0 bridgehead atoms. The van der Waals surface area contributed by atoms with E-state index < -0.39 is 0 Å². The first-order valence-corrected chi connectivity index (χ1v) is 14.3. The lowest BCUT2D eigenvalue weighted by Crippen LogP contribution is -1.98. The van der Waals surface area contributed by atoms with Gasteiger partial charge in [-0.1, -0.05) is 121 Å².